The number of thioether (sulfide) groups is 1. The van der Waals surface area contributed by atoms with Gasteiger partial charge in [-0.15, -0.1) is 11.8 Å². The number of benzene rings is 2. The monoisotopic (exact) mass is 414 g/mol. The predicted molar refractivity (Wildman–Crippen MR) is 100.0 cm³/mol. The fourth-order valence-corrected chi connectivity index (χ4v) is 3.06. The van der Waals surface area contributed by atoms with Crippen LogP contribution >= 0.6 is 23.4 Å². The zero-order valence-electron chi connectivity index (χ0n) is 13.6. The molecule has 2 aromatic carbocycles. The lowest BCUT2D eigenvalue weighted by molar-refractivity contribution is -0.119. The van der Waals surface area contributed by atoms with Gasteiger partial charge in [0.25, 0.3) is 5.91 Å². The Bertz CT molecular complexity index is 930. The molecule has 2 aromatic rings. The van der Waals surface area contributed by atoms with Crippen molar-refractivity contribution in [3.05, 3.63) is 53.1 Å². The van der Waals surface area contributed by atoms with Gasteiger partial charge in [-0.05, 0) is 48.7 Å². The summed E-state index contributed by atoms with van der Waals surface area (Å²) in [6, 6.07) is 10.5. The molecule has 0 saturated heterocycles. The Morgan fingerprint density at radius 1 is 1.19 bits per heavy atom. The molecule has 0 aliphatic rings. The Kier molecular flexibility index (Phi) is 6.65. The van der Waals surface area contributed by atoms with Crippen molar-refractivity contribution in [2.45, 2.75) is 9.79 Å². The summed E-state index contributed by atoms with van der Waals surface area (Å²) in [4.78, 5) is 24.7. The molecule has 0 saturated carbocycles. The fourth-order valence-electron chi connectivity index (χ4n) is 1.92. The van der Waals surface area contributed by atoms with Gasteiger partial charge in [0, 0.05) is 10.6 Å². The molecule has 0 aliphatic heterocycles. The third-order valence-electron chi connectivity index (χ3n) is 3.19. The van der Waals surface area contributed by atoms with Crippen LogP contribution in [0, 0.1) is 0 Å². The summed E-state index contributed by atoms with van der Waals surface area (Å²) >= 11 is 7.44. The first kappa shape index (κ1) is 20.2. The number of esters is 1. The van der Waals surface area contributed by atoms with Crippen molar-refractivity contribution in [2.24, 2.45) is 5.14 Å². The minimum absolute atomic E-state index is 0.0181. The van der Waals surface area contributed by atoms with Crippen LogP contribution in [0.3, 0.4) is 0 Å². The summed E-state index contributed by atoms with van der Waals surface area (Å²) < 4.78 is 27.6. The maximum absolute atomic E-state index is 12.1. The largest absolute Gasteiger partial charge is 0.452 e. The molecule has 7 nitrogen and oxygen atoms in total. The van der Waals surface area contributed by atoms with Crippen molar-refractivity contribution in [3.8, 4) is 0 Å². The van der Waals surface area contributed by atoms with Gasteiger partial charge in [-0.3, -0.25) is 4.79 Å². The fraction of sp³-hybridized carbons (Fsp3) is 0.125. The van der Waals surface area contributed by atoms with Crippen molar-refractivity contribution >= 4 is 50.9 Å². The van der Waals surface area contributed by atoms with Crippen LogP contribution in [0.5, 0.6) is 0 Å². The lowest BCUT2D eigenvalue weighted by Crippen LogP contribution is -2.21. The molecule has 138 valence electrons. The third-order valence-corrected chi connectivity index (χ3v) is 5.18. The van der Waals surface area contributed by atoms with Crippen molar-refractivity contribution in [3.63, 3.8) is 0 Å². The number of sulfonamides is 1. The van der Waals surface area contributed by atoms with Gasteiger partial charge in [0.2, 0.25) is 10.0 Å². The highest BCUT2D eigenvalue weighted by Gasteiger charge is 2.18. The second-order valence-corrected chi connectivity index (χ2v) is 7.89. The number of nitrogens with two attached hydrogens (primary N) is 1. The highest BCUT2D eigenvalue weighted by Crippen LogP contribution is 2.21. The molecule has 10 heteroatoms. The molecule has 0 spiro atoms. The third kappa shape index (κ3) is 5.46. The van der Waals surface area contributed by atoms with Gasteiger partial charge >= 0.3 is 5.97 Å². The summed E-state index contributed by atoms with van der Waals surface area (Å²) in [5, 5.41) is 7.57. The smallest absolute Gasteiger partial charge is 0.340 e. The summed E-state index contributed by atoms with van der Waals surface area (Å²) in [5.74, 6) is -1.48. The lowest BCUT2D eigenvalue weighted by Gasteiger charge is -2.09. The first-order chi connectivity index (χ1) is 12.2. The minimum atomic E-state index is -4.00. The van der Waals surface area contributed by atoms with E-state index in [1.54, 1.807) is 23.9 Å². The molecule has 0 radical (unpaired) electrons. The number of primary sulfonamides is 1. The number of carbonyl (C=O) groups excluding carboxylic acids is 2. The lowest BCUT2D eigenvalue weighted by atomic mass is 10.2. The van der Waals surface area contributed by atoms with Gasteiger partial charge in [0.1, 0.15) is 0 Å². The first-order valence-electron chi connectivity index (χ1n) is 7.14. The Balaban J connectivity index is 2.00. The first-order valence-corrected chi connectivity index (χ1v) is 10.3. The normalized spacial score (nSPS) is 11.0. The maximum Gasteiger partial charge on any atom is 0.340 e. The van der Waals surface area contributed by atoms with E-state index in [2.05, 4.69) is 5.32 Å². The van der Waals surface area contributed by atoms with E-state index in [4.69, 9.17) is 21.5 Å². The Labute approximate surface area is 159 Å². The molecule has 0 bridgehead atoms. The van der Waals surface area contributed by atoms with Crippen LogP contribution in [-0.4, -0.2) is 33.2 Å². The number of carbonyl (C=O) groups is 2. The van der Waals surface area contributed by atoms with Gasteiger partial charge in [0.05, 0.1) is 15.5 Å². The van der Waals surface area contributed by atoms with Crippen LogP contribution in [0.25, 0.3) is 0 Å². The number of amides is 1. The Morgan fingerprint density at radius 2 is 1.85 bits per heavy atom. The number of nitrogens with one attached hydrogen (secondary N) is 1. The number of hydrogen-bond acceptors (Lipinski definition) is 6. The maximum atomic E-state index is 12.1. The topological polar surface area (TPSA) is 116 Å². The van der Waals surface area contributed by atoms with E-state index in [9.17, 15) is 18.0 Å². The Hall–Kier alpha value is -2.07. The predicted octanol–water partition coefficient (Wildman–Crippen LogP) is 2.50. The second kappa shape index (κ2) is 8.54. The SMILES string of the molecule is CSc1ccc(NC(=O)COC(=O)c2cc(S(N)(=O)=O)ccc2Cl)cc1. The summed E-state index contributed by atoms with van der Waals surface area (Å²) in [5.41, 5.74) is 0.355. The van der Waals surface area contributed by atoms with Crippen molar-refractivity contribution < 1.29 is 22.7 Å². The molecule has 1 amide bonds. The number of halogens is 1. The average molecular weight is 415 g/mol. The summed E-state index contributed by atoms with van der Waals surface area (Å²) in [6.45, 7) is -0.557. The van der Waals surface area contributed by atoms with Crippen molar-refractivity contribution in [1.29, 1.82) is 0 Å². The van der Waals surface area contributed by atoms with Gasteiger partial charge < -0.3 is 10.1 Å². The van der Waals surface area contributed by atoms with Crippen molar-refractivity contribution in [2.75, 3.05) is 18.2 Å². The minimum Gasteiger partial charge on any atom is -0.452 e. The van der Waals surface area contributed by atoms with Crippen LogP contribution in [0.2, 0.25) is 5.02 Å². The zero-order valence-corrected chi connectivity index (χ0v) is 16.0. The van der Waals surface area contributed by atoms with Crippen LogP contribution in [-0.2, 0) is 19.6 Å². The molecule has 0 aliphatic carbocycles. The van der Waals surface area contributed by atoms with E-state index >= 15 is 0 Å². The van der Waals surface area contributed by atoms with E-state index in [1.165, 1.54) is 12.1 Å². The van der Waals surface area contributed by atoms with E-state index in [-0.39, 0.29) is 15.5 Å². The summed E-state index contributed by atoms with van der Waals surface area (Å²) in [6.07, 6.45) is 1.93. The van der Waals surface area contributed by atoms with Gasteiger partial charge in [0.15, 0.2) is 6.61 Å². The molecular weight excluding hydrogens is 400 g/mol. The molecule has 0 aromatic heterocycles. The van der Waals surface area contributed by atoms with Crippen molar-refractivity contribution in [1.82, 2.24) is 0 Å². The molecule has 3 N–H and O–H groups in total. The molecule has 2 rings (SSSR count). The standard InChI is InChI=1S/C16H15ClN2O5S2/c1-25-11-4-2-10(3-5-11)19-15(20)9-24-16(21)13-8-12(26(18,22)23)6-7-14(13)17/h2-8H,9H2,1H3,(H,19,20)(H2,18,22,23). The second-order valence-electron chi connectivity index (χ2n) is 5.04. The molecule has 0 atom stereocenters. The van der Waals surface area contributed by atoms with E-state index < -0.39 is 28.5 Å². The highest BCUT2D eigenvalue weighted by atomic mass is 35.5. The number of rotatable bonds is 6. The average Bonchev–Trinajstić information content (AvgIpc) is 2.59. The quantitative estimate of drug-likeness (QED) is 0.554. The highest BCUT2D eigenvalue weighted by molar-refractivity contribution is 7.98. The molecule has 26 heavy (non-hydrogen) atoms. The van der Waals surface area contributed by atoms with Gasteiger partial charge in [-0.2, -0.15) is 0 Å². The Morgan fingerprint density at radius 3 is 2.42 bits per heavy atom. The van der Waals surface area contributed by atoms with Crippen LogP contribution in [0.4, 0.5) is 5.69 Å². The van der Waals surface area contributed by atoms with E-state index in [1.807, 2.05) is 18.4 Å². The number of anilines is 1. The molecule has 0 heterocycles. The van der Waals surface area contributed by atoms with Crippen LogP contribution < -0.4 is 10.5 Å². The molecule has 0 fully saturated rings. The summed E-state index contributed by atoms with van der Waals surface area (Å²) in [7, 11) is -4.00. The van der Waals surface area contributed by atoms with E-state index in [0.717, 1.165) is 11.0 Å². The number of ether oxygens (including phenoxy) is 1. The van der Waals surface area contributed by atoms with Crippen LogP contribution in [0.15, 0.2) is 52.3 Å². The number of hydrogen-bond donors (Lipinski definition) is 2. The molecular formula is C16H15ClN2O5S2. The van der Waals surface area contributed by atoms with Gasteiger partial charge in [-0.1, -0.05) is 11.6 Å². The zero-order chi connectivity index (χ0) is 19.3. The molecule has 0 unspecified atom stereocenters. The van der Waals surface area contributed by atoms with Gasteiger partial charge in [-0.25, -0.2) is 18.4 Å². The van der Waals surface area contributed by atoms with Crippen LogP contribution in [0.1, 0.15) is 10.4 Å². The van der Waals surface area contributed by atoms with E-state index in [0.29, 0.717) is 5.69 Å².